The molecule has 0 bridgehead atoms. The number of benzene rings is 1. The highest BCUT2D eigenvalue weighted by molar-refractivity contribution is 6.21. The van der Waals surface area contributed by atoms with Gasteiger partial charge in [0, 0.05) is 6.54 Å². The average molecular weight is 296 g/mol. The van der Waals surface area contributed by atoms with Crippen LogP contribution in [0.5, 0.6) is 0 Å². The van der Waals surface area contributed by atoms with E-state index in [2.05, 4.69) is 10.1 Å². The summed E-state index contributed by atoms with van der Waals surface area (Å²) in [6, 6.07) is 9.03. The lowest BCUT2D eigenvalue weighted by Crippen LogP contribution is -2.31. The molecule has 1 atom stereocenters. The smallest absolute Gasteiger partial charge is 0.362 e. The van der Waals surface area contributed by atoms with E-state index in [0.717, 1.165) is 5.56 Å². The molecule has 0 saturated carbocycles. The van der Waals surface area contributed by atoms with Crippen LogP contribution in [0.3, 0.4) is 0 Å². The van der Waals surface area contributed by atoms with Crippen LogP contribution in [0.2, 0.25) is 0 Å². The molecule has 1 amide bonds. The van der Waals surface area contributed by atoms with Crippen LogP contribution in [-0.2, 0) is 9.53 Å². The number of hydrogen-bond acceptors (Lipinski definition) is 2. The van der Waals surface area contributed by atoms with Crippen LogP contribution in [0.15, 0.2) is 30.3 Å². The Hall–Kier alpha value is -1.27. The second-order valence-corrected chi connectivity index (χ2v) is 4.32. The lowest BCUT2D eigenvalue weighted by molar-refractivity contribution is -0.175. The van der Waals surface area contributed by atoms with Crippen molar-refractivity contribution in [2.45, 2.75) is 11.6 Å². The number of ether oxygens (including phenoxy) is 1. The summed E-state index contributed by atoms with van der Waals surface area (Å²) in [5.41, 5.74) is 0.820. The van der Waals surface area contributed by atoms with E-state index in [1.165, 1.54) is 0 Å². The van der Waals surface area contributed by atoms with E-state index < -0.39 is 30.7 Å². The van der Waals surface area contributed by atoms with Crippen LogP contribution in [-0.4, -0.2) is 31.8 Å². The predicted octanol–water partition coefficient (Wildman–Crippen LogP) is 2.66. The molecule has 0 heterocycles. The standard InChI is InChI=1S/C12H13ClF3NO2/c13-10(9-4-2-1-3-5-9)6-17-11(18)7-19-8-12(14,15)16/h1-5,10H,6-8H2,(H,17,18). The van der Waals surface area contributed by atoms with Gasteiger partial charge in [0.1, 0.15) is 13.2 Å². The van der Waals surface area contributed by atoms with E-state index in [1.807, 2.05) is 6.07 Å². The summed E-state index contributed by atoms with van der Waals surface area (Å²) in [7, 11) is 0. The second-order valence-electron chi connectivity index (χ2n) is 3.79. The van der Waals surface area contributed by atoms with Gasteiger partial charge in [0.25, 0.3) is 0 Å². The molecule has 1 rings (SSSR count). The van der Waals surface area contributed by atoms with Crippen LogP contribution in [0.25, 0.3) is 0 Å². The third kappa shape index (κ3) is 7.03. The number of hydrogen-bond donors (Lipinski definition) is 1. The van der Waals surface area contributed by atoms with Crippen molar-refractivity contribution in [1.29, 1.82) is 0 Å². The summed E-state index contributed by atoms with van der Waals surface area (Å²) >= 11 is 6.02. The summed E-state index contributed by atoms with van der Waals surface area (Å²) in [4.78, 5) is 11.2. The second kappa shape index (κ2) is 7.35. The summed E-state index contributed by atoms with van der Waals surface area (Å²) in [6.45, 7) is -1.96. The van der Waals surface area contributed by atoms with E-state index >= 15 is 0 Å². The summed E-state index contributed by atoms with van der Waals surface area (Å²) < 4.78 is 39.5. The van der Waals surface area contributed by atoms with Crippen molar-refractivity contribution in [3.63, 3.8) is 0 Å². The van der Waals surface area contributed by atoms with Crippen molar-refractivity contribution in [3.8, 4) is 0 Å². The predicted molar refractivity (Wildman–Crippen MR) is 64.9 cm³/mol. The Morgan fingerprint density at radius 3 is 2.53 bits per heavy atom. The first kappa shape index (κ1) is 15.8. The largest absolute Gasteiger partial charge is 0.411 e. The Kier molecular flexibility index (Phi) is 6.11. The lowest BCUT2D eigenvalue weighted by atomic mass is 10.1. The summed E-state index contributed by atoms with van der Waals surface area (Å²) in [5, 5.41) is 1.97. The molecule has 0 aliphatic heterocycles. The van der Waals surface area contributed by atoms with Gasteiger partial charge in [0.05, 0.1) is 5.38 Å². The Morgan fingerprint density at radius 1 is 1.32 bits per heavy atom. The van der Waals surface area contributed by atoms with Crippen LogP contribution >= 0.6 is 11.6 Å². The number of nitrogens with one attached hydrogen (secondary N) is 1. The molecule has 1 unspecified atom stereocenters. The minimum absolute atomic E-state index is 0.125. The zero-order valence-electron chi connectivity index (χ0n) is 9.91. The number of amides is 1. The van der Waals surface area contributed by atoms with Crippen molar-refractivity contribution in [3.05, 3.63) is 35.9 Å². The van der Waals surface area contributed by atoms with Gasteiger partial charge < -0.3 is 10.1 Å². The van der Waals surface area contributed by atoms with Crippen LogP contribution in [0.1, 0.15) is 10.9 Å². The van der Waals surface area contributed by atoms with Gasteiger partial charge in [-0.15, -0.1) is 11.6 Å². The van der Waals surface area contributed by atoms with Crippen LogP contribution in [0.4, 0.5) is 13.2 Å². The molecule has 1 N–H and O–H groups in total. The van der Waals surface area contributed by atoms with E-state index in [9.17, 15) is 18.0 Å². The van der Waals surface area contributed by atoms with Gasteiger partial charge in [-0.3, -0.25) is 4.79 Å². The Bertz CT molecular complexity index is 398. The zero-order valence-corrected chi connectivity index (χ0v) is 10.7. The Morgan fingerprint density at radius 2 is 1.95 bits per heavy atom. The Labute approximate surface area is 113 Å². The normalized spacial score (nSPS) is 13.1. The lowest BCUT2D eigenvalue weighted by Gasteiger charge is -2.12. The first-order valence-electron chi connectivity index (χ1n) is 5.48. The molecule has 3 nitrogen and oxygen atoms in total. The van der Waals surface area contributed by atoms with Crippen molar-refractivity contribution >= 4 is 17.5 Å². The summed E-state index contributed by atoms with van der Waals surface area (Å²) in [6.07, 6.45) is -4.43. The zero-order chi connectivity index (χ0) is 14.3. The third-order valence-electron chi connectivity index (χ3n) is 2.14. The maximum atomic E-state index is 11.8. The Balaban J connectivity index is 2.23. The van der Waals surface area contributed by atoms with Gasteiger partial charge in [0.15, 0.2) is 0 Å². The molecule has 19 heavy (non-hydrogen) atoms. The van der Waals surface area contributed by atoms with E-state index in [1.54, 1.807) is 24.3 Å². The fourth-order valence-electron chi connectivity index (χ4n) is 1.29. The van der Waals surface area contributed by atoms with Crippen molar-refractivity contribution in [1.82, 2.24) is 5.32 Å². The maximum absolute atomic E-state index is 11.8. The third-order valence-corrected chi connectivity index (χ3v) is 2.54. The van der Waals surface area contributed by atoms with E-state index in [0.29, 0.717) is 0 Å². The van der Waals surface area contributed by atoms with Crippen LogP contribution in [0, 0.1) is 0 Å². The minimum atomic E-state index is -4.43. The quantitative estimate of drug-likeness (QED) is 0.820. The van der Waals surface area contributed by atoms with Crippen molar-refractivity contribution < 1.29 is 22.7 Å². The topological polar surface area (TPSA) is 38.3 Å². The van der Waals surface area contributed by atoms with Crippen molar-refractivity contribution in [2.24, 2.45) is 0 Å². The fraction of sp³-hybridized carbons (Fsp3) is 0.417. The molecule has 1 aromatic rings. The molecule has 0 radical (unpaired) electrons. The average Bonchev–Trinajstić information content (AvgIpc) is 2.35. The highest BCUT2D eigenvalue weighted by Crippen LogP contribution is 2.18. The van der Waals surface area contributed by atoms with Crippen LogP contribution < -0.4 is 5.32 Å². The molecule has 0 aliphatic rings. The van der Waals surface area contributed by atoms with Gasteiger partial charge >= 0.3 is 6.18 Å². The molecular weight excluding hydrogens is 283 g/mol. The molecule has 106 valence electrons. The van der Waals surface area contributed by atoms with Gasteiger partial charge in [-0.05, 0) is 5.56 Å². The molecule has 0 aromatic heterocycles. The van der Waals surface area contributed by atoms with Gasteiger partial charge in [-0.2, -0.15) is 13.2 Å². The highest BCUT2D eigenvalue weighted by Gasteiger charge is 2.27. The SMILES string of the molecule is O=C(COCC(F)(F)F)NCC(Cl)c1ccccc1. The monoisotopic (exact) mass is 295 g/mol. The molecule has 1 aromatic carbocycles. The molecular formula is C12H13ClF3NO2. The first-order chi connectivity index (χ1) is 8.88. The molecule has 0 saturated heterocycles. The van der Waals surface area contributed by atoms with E-state index in [-0.39, 0.29) is 6.54 Å². The number of carbonyl (C=O) groups is 1. The fourth-order valence-corrected chi connectivity index (χ4v) is 1.52. The van der Waals surface area contributed by atoms with Gasteiger partial charge in [0.2, 0.25) is 5.91 Å². The van der Waals surface area contributed by atoms with Gasteiger partial charge in [-0.25, -0.2) is 0 Å². The first-order valence-corrected chi connectivity index (χ1v) is 5.92. The number of carbonyl (C=O) groups excluding carboxylic acids is 1. The van der Waals surface area contributed by atoms with Gasteiger partial charge in [-0.1, -0.05) is 30.3 Å². The highest BCUT2D eigenvalue weighted by atomic mass is 35.5. The molecule has 0 spiro atoms. The number of rotatable bonds is 6. The number of alkyl halides is 4. The summed E-state index contributed by atoms with van der Waals surface area (Å²) in [5.74, 6) is -0.633. The molecule has 0 fully saturated rings. The van der Waals surface area contributed by atoms with Crippen molar-refractivity contribution in [2.75, 3.05) is 19.8 Å². The minimum Gasteiger partial charge on any atom is -0.362 e. The van der Waals surface area contributed by atoms with E-state index in [4.69, 9.17) is 11.6 Å². The maximum Gasteiger partial charge on any atom is 0.411 e. The molecule has 7 heteroatoms. The number of halogens is 4. The molecule has 0 aliphatic carbocycles.